The van der Waals surface area contributed by atoms with Gasteiger partial charge in [-0.15, -0.1) is 0 Å². The third-order valence-corrected chi connectivity index (χ3v) is 3.98. The number of H-pyrrole nitrogens is 1. The minimum absolute atomic E-state index is 0.137. The number of para-hydroxylation sites is 1. The first kappa shape index (κ1) is 15.0. The Hall–Kier alpha value is -3.53. The molecular weight excluding hydrogens is 314 g/mol. The minimum Gasteiger partial charge on any atom is -0.507 e. The van der Waals surface area contributed by atoms with E-state index in [0.717, 1.165) is 11.3 Å². The van der Waals surface area contributed by atoms with Crippen molar-refractivity contribution in [3.8, 4) is 17.2 Å². The lowest BCUT2D eigenvalue weighted by Crippen LogP contribution is -2.01. The number of carbonyl (C=O) groups excluding carboxylic acids is 1. The van der Waals surface area contributed by atoms with Crippen LogP contribution in [0.4, 0.5) is 0 Å². The average molecular weight is 329 g/mol. The van der Waals surface area contributed by atoms with Crippen LogP contribution in [0.3, 0.4) is 0 Å². The number of nitrogens with one attached hydrogen (secondary N) is 1. The highest BCUT2D eigenvalue weighted by Gasteiger charge is 2.13. The molecule has 1 heterocycles. The van der Waals surface area contributed by atoms with Crippen molar-refractivity contribution in [2.75, 3.05) is 0 Å². The number of rotatable bonds is 4. The van der Waals surface area contributed by atoms with Crippen LogP contribution in [0.5, 0.6) is 17.2 Å². The molecule has 0 spiro atoms. The van der Waals surface area contributed by atoms with E-state index < -0.39 is 0 Å². The van der Waals surface area contributed by atoms with Crippen molar-refractivity contribution >= 4 is 16.7 Å². The number of carbonyl (C=O) groups is 1. The molecule has 0 amide bonds. The average Bonchev–Trinajstić information content (AvgIpc) is 3.08. The van der Waals surface area contributed by atoms with Crippen molar-refractivity contribution in [1.82, 2.24) is 4.98 Å². The number of aromatic hydroxyl groups is 1. The fraction of sp³-hybridized carbons (Fsp3) is 0. The molecule has 0 saturated carbocycles. The first-order valence-corrected chi connectivity index (χ1v) is 7.89. The number of aromatic nitrogens is 1. The van der Waals surface area contributed by atoms with Gasteiger partial charge in [0.05, 0.1) is 5.69 Å². The molecule has 3 aromatic carbocycles. The maximum absolute atomic E-state index is 12.6. The summed E-state index contributed by atoms with van der Waals surface area (Å²) in [5.41, 5.74) is 1.71. The summed E-state index contributed by atoms with van der Waals surface area (Å²) >= 11 is 0. The number of ketones is 1. The second-order valence-corrected chi connectivity index (χ2v) is 5.69. The quantitative estimate of drug-likeness (QED) is 0.524. The standard InChI is InChI=1S/C21H15NO3/c23-20-8-4-7-18-17(20)13-19(22-18)21(24)14-9-11-16(12-10-14)25-15-5-2-1-3-6-15/h1-13,22-23H. The summed E-state index contributed by atoms with van der Waals surface area (Å²) in [6.07, 6.45) is 0. The van der Waals surface area contributed by atoms with Crippen molar-refractivity contribution in [2.45, 2.75) is 0 Å². The van der Waals surface area contributed by atoms with Gasteiger partial charge in [-0.25, -0.2) is 0 Å². The second-order valence-electron chi connectivity index (χ2n) is 5.69. The van der Waals surface area contributed by atoms with E-state index in [9.17, 15) is 9.90 Å². The fourth-order valence-corrected chi connectivity index (χ4v) is 2.72. The molecule has 0 aliphatic carbocycles. The van der Waals surface area contributed by atoms with Crippen molar-refractivity contribution in [2.24, 2.45) is 0 Å². The van der Waals surface area contributed by atoms with E-state index in [4.69, 9.17) is 4.74 Å². The number of benzene rings is 3. The minimum atomic E-state index is -0.137. The van der Waals surface area contributed by atoms with Crippen LogP contribution in [0.1, 0.15) is 16.1 Å². The Labute approximate surface area is 144 Å². The van der Waals surface area contributed by atoms with Crippen LogP contribution in [0.25, 0.3) is 10.9 Å². The molecule has 4 nitrogen and oxygen atoms in total. The molecule has 0 radical (unpaired) electrons. The van der Waals surface area contributed by atoms with Gasteiger partial charge in [-0.2, -0.15) is 0 Å². The van der Waals surface area contributed by atoms with Crippen molar-refractivity contribution in [3.05, 3.63) is 90.1 Å². The first-order chi connectivity index (χ1) is 12.2. The van der Waals surface area contributed by atoms with Gasteiger partial charge in [-0.1, -0.05) is 24.3 Å². The SMILES string of the molecule is O=C(c1ccc(Oc2ccccc2)cc1)c1cc2c(O)cccc2[nH]1. The normalized spacial score (nSPS) is 10.7. The Balaban J connectivity index is 1.58. The van der Waals surface area contributed by atoms with Gasteiger partial charge in [0.15, 0.2) is 0 Å². The smallest absolute Gasteiger partial charge is 0.209 e. The molecule has 0 atom stereocenters. The molecule has 4 rings (SSSR count). The van der Waals surface area contributed by atoms with Crippen LogP contribution in [0.15, 0.2) is 78.9 Å². The molecule has 0 aliphatic rings. The predicted octanol–water partition coefficient (Wildman–Crippen LogP) is 4.90. The van der Waals surface area contributed by atoms with E-state index in [2.05, 4.69) is 4.98 Å². The van der Waals surface area contributed by atoms with Gasteiger partial charge >= 0.3 is 0 Å². The van der Waals surface area contributed by atoms with Gasteiger partial charge in [0, 0.05) is 16.5 Å². The van der Waals surface area contributed by atoms with Gasteiger partial charge in [0.1, 0.15) is 17.2 Å². The van der Waals surface area contributed by atoms with Crippen LogP contribution in [0, 0.1) is 0 Å². The van der Waals surface area contributed by atoms with Crippen LogP contribution in [0.2, 0.25) is 0 Å². The van der Waals surface area contributed by atoms with Gasteiger partial charge in [-0.05, 0) is 54.6 Å². The maximum Gasteiger partial charge on any atom is 0.209 e. The summed E-state index contributed by atoms with van der Waals surface area (Å²) in [6, 6.07) is 23.3. The predicted molar refractivity (Wildman–Crippen MR) is 96.4 cm³/mol. The van der Waals surface area contributed by atoms with E-state index in [1.54, 1.807) is 42.5 Å². The number of fused-ring (bicyclic) bond motifs is 1. The van der Waals surface area contributed by atoms with Crippen molar-refractivity contribution in [3.63, 3.8) is 0 Å². The Bertz CT molecular complexity index is 1030. The van der Waals surface area contributed by atoms with E-state index in [1.165, 1.54) is 0 Å². The largest absolute Gasteiger partial charge is 0.507 e. The topological polar surface area (TPSA) is 62.3 Å². The van der Waals surface area contributed by atoms with Gasteiger partial charge in [0.2, 0.25) is 5.78 Å². The highest BCUT2D eigenvalue weighted by Crippen LogP contribution is 2.27. The number of phenolic OH excluding ortho intramolecular Hbond substituents is 1. The maximum atomic E-state index is 12.6. The van der Waals surface area contributed by atoms with Crippen molar-refractivity contribution in [1.29, 1.82) is 0 Å². The highest BCUT2D eigenvalue weighted by atomic mass is 16.5. The summed E-state index contributed by atoms with van der Waals surface area (Å²) in [6.45, 7) is 0. The number of ether oxygens (including phenoxy) is 1. The molecule has 0 saturated heterocycles. The van der Waals surface area contributed by atoms with Gasteiger partial charge in [0.25, 0.3) is 0 Å². The zero-order valence-corrected chi connectivity index (χ0v) is 13.3. The zero-order valence-electron chi connectivity index (χ0n) is 13.3. The first-order valence-electron chi connectivity index (χ1n) is 7.89. The summed E-state index contributed by atoms with van der Waals surface area (Å²) in [4.78, 5) is 15.7. The lowest BCUT2D eigenvalue weighted by atomic mass is 10.1. The molecule has 122 valence electrons. The molecule has 1 aromatic heterocycles. The number of aromatic amines is 1. The van der Waals surface area contributed by atoms with Crippen LogP contribution in [-0.2, 0) is 0 Å². The molecule has 2 N–H and O–H groups in total. The third kappa shape index (κ3) is 2.97. The van der Waals surface area contributed by atoms with Gasteiger partial charge in [-0.3, -0.25) is 4.79 Å². The van der Waals surface area contributed by atoms with E-state index >= 15 is 0 Å². The Morgan fingerprint density at radius 1 is 0.840 bits per heavy atom. The third-order valence-electron chi connectivity index (χ3n) is 3.98. The number of phenols is 1. The summed E-state index contributed by atoms with van der Waals surface area (Å²) in [5, 5.41) is 10.5. The molecule has 25 heavy (non-hydrogen) atoms. The lowest BCUT2D eigenvalue weighted by Gasteiger charge is -2.06. The van der Waals surface area contributed by atoms with E-state index in [1.807, 2.05) is 36.4 Å². The number of hydrogen-bond acceptors (Lipinski definition) is 3. The summed E-state index contributed by atoms with van der Waals surface area (Å²) in [5.74, 6) is 1.42. The molecule has 0 fully saturated rings. The molecule has 0 bridgehead atoms. The van der Waals surface area contributed by atoms with E-state index in [0.29, 0.717) is 22.4 Å². The molecule has 4 aromatic rings. The molecule has 4 heteroatoms. The van der Waals surface area contributed by atoms with Crippen LogP contribution >= 0.6 is 0 Å². The highest BCUT2D eigenvalue weighted by molar-refractivity contribution is 6.10. The summed E-state index contributed by atoms with van der Waals surface area (Å²) < 4.78 is 5.73. The fourth-order valence-electron chi connectivity index (χ4n) is 2.72. The Kier molecular flexibility index (Phi) is 3.71. The molecule has 0 unspecified atom stereocenters. The molecule has 0 aliphatic heterocycles. The van der Waals surface area contributed by atoms with Crippen LogP contribution < -0.4 is 4.74 Å². The van der Waals surface area contributed by atoms with Crippen LogP contribution in [-0.4, -0.2) is 15.9 Å². The number of hydrogen-bond donors (Lipinski definition) is 2. The monoisotopic (exact) mass is 329 g/mol. The Morgan fingerprint density at radius 3 is 2.28 bits per heavy atom. The van der Waals surface area contributed by atoms with E-state index in [-0.39, 0.29) is 11.5 Å². The zero-order chi connectivity index (χ0) is 17.2. The Morgan fingerprint density at radius 2 is 1.56 bits per heavy atom. The van der Waals surface area contributed by atoms with Gasteiger partial charge < -0.3 is 14.8 Å². The van der Waals surface area contributed by atoms with Crippen molar-refractivity contribution < 1.29 is 14.6 Å². The summed E-state index contributed by atoms with van der Waals surface area (Å²) in [7, 11) is 0. The molecular formula is C21H15NO3. The lowest BCUT2D eigenvalue weighted by molar-refractivity contribution is 0.103. The second kappa shape index (κ2) is 6.17.